The van der Waals surface area contributed by atoms with Crippen LogP contribution in [0.1, 0.15) is 84.0 Å². The third kappa shape index (κ3) is 21.5. The number of nitrogens with one attached hydrogen (secondary N) is 7. The molecule has 0 atom stereocenters. The van der Waals surface area contributed by atoms with Crippen molar-refractivity contribution in [1.29, 1.82) is 16.2 Å². The number of hydrogen-bond donors (Lipinski definition) is 12. The molecule has 0 radical (unpaired) electrons. The van der Waals surface area contributed by atoms with E-state index in [1.165, 1.54) is 76.0 Å². The number of carbonyl (C=O) groups excluding carboxylic acids is 3. The van der Waals surface area contributed by atoms with Crippen molar-refractivity contribution in [3.8, 4) is 112 Å². The molecule has 0 spiro atoms. The molecule has 129 heavy (non-hydrogen) atoms. The van der Waals surface area contributed by atoms with Gasteiger partial charge in [0.2, 0.25) is 17.7 Å². The van der Waals surface area contributed by atoms with Gasteiger partial charge in [-0.25, -0.2) is 28.1 Å². The molecule has 18 rings (SSSR count). The van der Waals surface area contributed by atoms with E-state index in [0.29, 0.717) is 90.8 Å². The number of thiazole rings is 1. The minimum absolute atomic E-state index is 0.145. The highest BCUT2D eigenvalue weighted by atomic mass is 32.1. The first-order chi connectivity index (χ1) is 62.1. The second-order valence-corrected chi connectivity index (χ2v) is 31.9. The van der Waals surface area contributed by atoms with E-state index in [0.717, 1.165) is 133 Å². The van der Waals surface area contributed by atoms with Crippen LogP contribution in [0.15, 0.2) is 267 Å². The van der Waals surface area contributed by atoms with E-state index in [9.17, 15) is 27.6 Å². The Kier molecular flexibility index (Phi) is 27.3. The van der Waals surface area contributed by atoms with Crippen LogP contribution in [-0.4, -0.2) is 76.5 Å². The van der Waals surface area contributed by atoms with Crippen molar-refractivity contribution in [3.05, 3.63) is 329 Å². The average molecular weight is 1730 g/mol. The molecule has 0 aliphatic heterocycles. The molecule has 0 unspecified atom stereocenters. The average Bonchev–Trinajstić information content (AvgIpc) is 1.79. The summed E-state index contributed by atoms with van der Waals surface area (Å²) in [6.45, 7) is 11.6. The van der Waals surface area contributed by atoms with E-state index in [1.54, 1.807) is 124 Å². The zero-order valence-corrected chi connectivity index (χ0v) is 72.2. The molecular formula is C103H90F3N19O3S. The predicted molar refractivity (Wildman–Crippen MR) is 518 cm³/mol. The quantitative estimate of drug-likeness (QED) is 0.0298. The minimum atomic E-state index is -0.284. The molecule has 1 aliphatic carbocycles. The maximum absolute atomic E-state index is 13.7. The van der Waals surface area contributed by atoms with Crippen LogP contribution in [0, 0.1) is 61.4 Å². The van der Waals surface area contributed by atoms with Crippen molar-refractivity contribution >= 4 is 115 Å². The first-order valence-corrected chi connectivity index (χ1v) is 41.8. The molecule has 7 aromatic heterocycles. The zero-order valence-electron chi connectivity index (χ0n) is 71.4. The summed E-state index contributed by atoms with van der Waals surface area (Å²) >= 11 is 1.60. The van der Waals surface area contributed by atoms with Gasteiger partial charge in [-0.2, -0.15) is 5.10 Å². The second kappa shape index (κ2) is 39.6. The number of nitrogen functional groups attached to an aromatic ring is 5. The van der Waals surface area contributed by atoms with Gasteiger partial charge in [-0.15, -0.1) is 11.3 Å². The van der Waals surface area contributed by atoms with Crippen LogP contribution in [0.3, 0.4) is 0 Å². The number of H-pyrrole nitrogens is 1. The number of hydrogen-bond acceptors (Lipinski definition) is 19. The normalized spacial score (nSPS) is 11.3. The van der Waals surface area contributed by atoms with Crippen molar-refractivity contribution in [1.82, 2.24) is 40.1 Å². The highest BCUT2D eigenvalue weighted by Crippen LogP contribution is 2.44. The van der Waals surface area contributed by atoms with Crippen molar-refractivity contribution in [2.75, 3.05) is 44.6 Å². The van der Waals surface area contributed by atoms with E-state index < -0.39 is 0 Å². The molecule has 1 saturated carbocycles. The fraction of sp³-hybridized carbons (Fsp3) is 0.0971. The summed E-state index contributed by atoms with van der Waals surface area (Å²) in [5.74, 6) is 0.294. The highest BCUT2D eigenvalue weighted by Gasteiger charge is 2.25. The molecule has 22 nitrogen and oxygen atoms in total. The van der Waals surface area contributed by atoms with Gasteiger partial charge in [0.05, 0.1) is 91.6 Å². The SMILES string of the molecule is CC(=O)Nc1cnc(-c2ccc(F)c(C)c2)c(-c2ccc(N)c(C=N)c2)c1.CC(=O)Nc1cnc(-c2ccc(F)c(C)c2)c(-c2ccc3[nH]ncc3c2)c1.CC(=O)Nc1cnc(-c2cccc(C3CC3)c2)c(-c2ccc(N)c(C=N)c2)c1.Cc1cc(-c2nc(N)ccc2-c2ccc3ncsc3c2)ccc1F.Cc1cccc(-c2nc(N)ccc2-c2ccc(N)c(C=N)c2)c1. The third-order valence-electron chi connectivity index (χ3n) is 21.3. The van der Waals surface area contributed by atoms with Crippen LogP contribution >= 0.6 is 11.3 Å². The van der Waals surface area contributed by atoms with E-state index in [2.05, 4.69) is 92.4 Å². The number of nitrogens with zero attached hydrogens (tertiary/aromatic N) is 7. The Balaban J connectivity index is 0.000000130. The standard InChI is InChI=1S/C23H22N4O.C21H17FN4O.C21H19FN4O.C19H14FN3S.C19H18N4/c1-14(28)27-20-11-21(17-7-8-22(25)19(10-17)12-24)23(26-13-20)18-4-2-3-16(9-18)15-5-6-15;1-12-7-15(3-5-19(12)22)21-18(9-17(11-23-21)25-13(2)27)14-4-6-20-16(8-14)10-24-26-20;1-12-7-15(3-5-19(12)22)21-18(9-17(11-25-21)26-13(2)27)14-4-6-20(24)16(8-14)10-23;1-11-8-13(2-5-15(11)20)19-14(4-7-18(21)23-19)12-3-6-16-17(9-12)24-10-22-16;1-12-3-2-4-14(9-12)19-16(6-8-18(22)23-19)13-5-7-17(21)15(10-13)11-20/h2-4,7-13,15,24H,5-6,25H2,1H3,(H,27,28);3-11H,1-2H3,(H,24,26)(H,25,27);3-11,23H,24H2,1-2H3,(H,26,27);2-10H,1H3,(H2,21,23);2-11,20H,21H2,1H3,(H2,22,23). The lowest BCUT2D eigenvalue weighted by Crippen LogP contribution is -2.06. The van der Waals surface area contributed by atoms with Crippen molar-refractivity contribution < 1.29 is 27.6 Å². The molecule has 1 fully saturated rings. The monoisotopic (exact) mass is 1730 g/mol. The van der Waals surface area contributed by atoms with Gasteiger partial charge in [0, 0.05) is 134 Å². The molecule has 17 N–H and O–H groups in total. The van der Waals surface area contributed by atoms with Gasteiger partial charge >= 0.3 is 0 Å². The van der Waals surface area contributed by atoms with Crippen LogP contribution in [0.2, 0.25) is 0 Å². The molecule has 7 heterocycles. The summed E-state index contributed by atoms with van der Waals surface area (Å²) in [6.07, 6.45) is 12.8. The fourth-order valence-electron chi connectivity index (χ4n) is 14.7. The lowest BCUT2D eigenvalue weighted by Gasteiger charge is -2.14. The topological polar surface area (TPSA) is 395 Å². The molecule has 0 saturated heterocycles. The molecular weight excluding hydrogens is 1640 g/mol. The Morgan fingerprint density at radius 2 is 0.783 bits per heavy atom. The molecule has 17 aromatic rings. The maximum atomic E-state index is 13.7. The molecule has 26 heteroatoms. The van der Waals surface area contributed by atoms with Crippen LogP contribution in [-0.2, 0) is 14.4 Å². The number of fused-ring (bicyclic) bond motifs is 2. The smallest absolute Gasteiger partial charge is 0.221 e. The van der Waals surface area contributed by atoms with Crippen LogP contribution < -0.4 is 44.6 Å². The number of rotatable bonds is 17. The summed E-state index contributed by atoms with van der Waals surface area (Å²) < 4.78 is 42.1. The molecule has 0 bridgehead atoms. The molecule has 3 amide bonds. The van der Waals surface area contributed by atoms with Gasteiger partial charge < -0.3 is 60.8 Å². The van der Waals surface area contributed by atoms with E-state index in [-0.39, 0.29) is 35.2 Å². The lowest BCUT2D eigenvalue weighted by atomic mass is 9.95. The van der Waals surface area contributed by atoms with Gasteiger partial charge in [-0.1, -0.05) is 72.3 Å². The Labute approximate surface area is 746 Å². The summed E-state index contributed by atoms with van der Waals surface area (Å²) in [4.78, 5) is 61.4. The highest BCUT2D eigenvalue weighted by molar-refractivity contribution is 7.16. The predicted octanol–water partition coefficient (Wildman–Crippen LogP) is 22.9. The molecule has 642 valence electrons. The van der Waals surface area contributed by atoms with Gasteiger partial charge in [0.25, 0.3) is 0 Å². The molecule has 1 aliphatic rings. The lowest BCUT2D eigenvalue weighted by molar-refractivity contribution is -0.115. The van der Waals surface area contributed by atoms with Crippen LogP contribution in [0.4, 0.5) is 58.9 Å². The van der Waals surface area contributed by atoms with Crippen molar-refractivity contribution in [3.63, 3.8) is 0 Å². The second-order valence-electron chi connectivity index (χ2n) is 31.0. The summed E-state index contributed by atoms with van der Waals surface area (Å²) in [6, 6.07) is 73.1. The number of pyridine rings is 5. The van der Waals surface area contributed by atoms with Gasteiger partial charge in [0.15, 0.2) is 0 Å². The Morgan fingerprint density at radius 3 is 1.21 bits per heavy atom. The number of aryl methyl sites for hydroxylation is 4. The molecule has 10 aromatic carbocycles. The Hall–Kier alpha value is -16.5. The van der Waals surface area contributed by atoms with E-state index in [1.807, 2.05) is 128 Å². The summed E-state index contributed by atoms with van der Waals surface area (Å²) in [5.41, 5.74) is 60.1. The minimum Gasteiger partial charge on any atom is -0.398 e. The number of halogens is 3. The number of carbonyl (C=O) groups is 3. The number of benzene rings is 10. The van der Waals surface area contributed by atoms with Gasteiger partial charge in [-0.3, -0.25) is 34.4 Å². The fourth-order valence-corrected chi connectivity index (χ4v) is 15.4. The summed E-state index contributed by atoms with van der Waals surface area (Å²) in [5, 5.41) is 38.9. The van der Waals surface area contributed by atoms with E-state index in [4.69, 9.17) is 44.9 Å². The number of aromatic nitrogens is 8. The first-order valence-electron chi connectivity index (χ1n) is 41.0. The van der Waals surface area contributed by atoms with Gasteiger partial charge in [-0.05, 0) is 266 Å². The number of anilines is 8. The van der Waals surface area contributed by atoms with Gasteiger partial charge in [0.1, 0.15) is 29.1 Å². The maximum Gasteiger partial charge on any atom is 0.221 e. The largest absolute Gasteiger partial charge is 0.398 e. The number of nitrogens with two attached hydrogens (primary N) is 5. The van der Waals surface area contributed by atoms with Crippen molar-refractivity contribution in [2.24, 2.45) is 0 Å². The Bertz CT molecular complexity index is 7190. The first kappa shape index (κ1) is 88.8. The third-order valence-corrected chi connectivity index (χ3v) is 22.1. The summed E-state index contributed by atoms with van der Waals surface area (Å²) in [7, 11) is 0. The van der Waals surface area contributed by atoms with Crippen molar-refractivity contribution in [2.45, 2.75) is 67.2 Å². The Morgan fingerprint density at radius 1 is 0.395 bits per heavy atom. The van der Waals surface area contributed by atoms with Crippen LogP contribution in [0.25, 0.3) is 133 Å². The number of amides is 3. The van der Waals surface area contributed by atoms with Crippen LogP contribution in [0.5, 0.6) is 0 Å². The zero-order chi connectivity index (χ0) is 91.3. The number of aromatic amines is 1. The van der Waals surface area contributed by atoms with E-state index >= 15 is 0 Å².